The van der Waals surface area contributed by atoms with E-state index in [4.69, 9.17) is 0 Å². The van der Waals surface area contributed by atoms with Crippen molar-refractivity contribution in [1.29, 1.82) is 0 Å². The average molecular weight is 405 g/mol. The molecule has 0 amide bonds. The fraction of sp³-hybridized carbons (Fsp3) is 0.346. The summed E-state index contributed by atoms with van der Waals surface area (Å²) in [5.74, 6) is -0.856. The first-order valence-corrected chi connectivity index (χ1v) is 10.5. The molecule has 0 saturated heterocycles. The Morgan fingerprint density at radius 2 is 1.60 bits per heavy atom. The number of hydrogen-bond acceptors (Lipinski definition) is 2. The molecule has 4 heteroatoms. The van der Waals surface area contributed by atoms with Crippen LogP contribution in [0.2, 0.25) is 0 Å². The smallest absolute Gasteiger partial charge is 0.337 e. The van der Waals surface area contributed by atoms with Gasteiger partial charge in [-0.15, -0.1) is 0 Å². The highest BCUT2D eigenvalue weighted by Crippen LogP contribution is 2.25. The fourth-order valence-electron chi connectivity index (χ4n) is 4.03. The maximum atomic E-state index is 12.0. The molecule has 0 saturated carbocycles. The van der Waals surface area contributed by atoms with E-state index in [1.54, 1.807) is 0 Å². The number of aryl methyl sites for hydroxylation is 3. The van der Waals surface area contributed by atoms with Gasteiger partial charge < -0.3 is 15.0 Å². The third kappa shape index (κ3) is 4.82. The van der Waals surface area contributed by atoms with Crippen LogP contribution in [0.15, 0.2) is 42.5 Å². The van der Waals surface area contributed by atoms with Gasteiger partial charge in [-0.1, -0.05) is 53.6 Å². The van der Waals surface area contributed by atoms with Crippen molar-refractivity contribution < 1.29 is 9.90 Å². The summed E-state index contributed by atoms with van der Waals surface area (Å²) in [6, 6.07) is 15.0. The Balaban J connectivity index is 1.78. The maximum absolute atomic E-state index is 12.0. The minimum Gasteiger partial charge on any atom is -0.478 e. The first-order valence-electron chi connectivity index (χ1n) is 10.5. The Bertz CT molecular complexity index is 1050. The molecule has 2 N–H and O–H groups in total. The number of benzene rings is 2. The molecule has 1 aromatic heterocycles. The van der Waals surface area contributed by atoms with Crippen molar-refractivity contribution in [2.75, 3.05) is 6.54 Å². The lowest BCUT2D eigenvalue weighted by molar-refractivity contribution is 0.0694. The minimum absolute atomic E-state index is 0.431. The summed E-state index contributed by atoms with van der Waals surface area (Å²) in [6.45, 7) is 12.3. The summed E-state index contributed by atoms with van der Waals surface area (Å²) in [6.07, 6.45) is 0.921. The number of carboxylic acid groups (broad SMARTS) is 1. The van der Waals surface area contributed by atoms with E-state index in [2.05, 4.69) is 73.1 Å². The molecule has 3 aromatic rings. The van der Waals surface area contributed by atoms with E-state index >= 15 is 0 Å². The number of rotatable bonds is 8. The lowest BCUT2D eigenvalue weighted by Crippen LogP contribution is -2.18. The van der Waals surface area contributed by atoms with Crippen molar-refractivity contribution in [2.45, 2.75) is 54.1 Å². The van der Waals surface area contributed by atoms with E-state index < -0.39 is 5.97 Å². The summed E-state index contributed by atoms with van der Waals surface area (Å²) >= 11 is 0. The van der Waals surface area contributed by atoms with Crippen LogP contribution < -0.4 is 5.32 Å². The minimum atomic E-state index is -0.856. The third-order valence-electron chi connectivity index (χ3n) is 5.97. The second kappa shape index (κ2) is 9.31. The Morgan fingerprint density at radius 1 is 0.933 bits per heavy atom. The highest BCUT2D eigenvalue weighted by Gasteiger charge is 2.22. The molecule has 0 unspecified atom stereocenters. The fourth-order valence-corrected chi connectivity index (χ4v) is 4.03. The number of carboxylic acids is 1. The summed E-state index contributed by atoms with van der Waals surface area (Å²) < 4.78 is 2.14. The molecule has 0 aliphatic heterocycles. The number of aromatic carboxylic acids is 1. The van der Waals surface area contributed by atoms with Crippen LogP contribution in [0.3, 0.4) is 0 Å². The summed E-state index contributed by atoms with van der Waals surface area (Å²) in [7, 11) is 0. The number of nitrogens with one attached hydrogen (secondary N) is 1. The van der Waals surface area contributed by atoms with Gasteiger partial charge in [0.05, 0.1) is 5.56 Å². The molecule has 0 spiro atoms. The molecule has 30 heavy (non-hydrogen) atoms. The SMILES string of the molecule is Cc1ccc(CCNCc2c(C(=O)O)c(C)n(Cc3cc(C)ccc3C)c2C)cc1. The van der Waals surface area contributed by atoms with Crippen LogP contribution in [0.4, 0.5) is 0 Å². The molecule has 0 fully saturated rings. The largest absolute Gasteiger partial charge is 0.478 e. The Hall–Kier alpha value is -2.85. The molecule has 0 bridgehead atoms. The molecular weight excluding hydrogens is 372 g/mol. The maximum Gasteiger partial charge on any atom is 0.337 e. The van der Waals surface area contributed by atoms with Crippen molar-refractivity contribution in [2.24, 2.45) is 0 Å². The lowest BCUT2D eigenvalue weighted by Gasteiger charge is -2.13. The van der Waals surface area contributed by atoms with Crippen LogP contribution in [0, 0.1) is 34.6 Å². The van der Waals surface area contributed by atoms with Crippen molar-refractivity contribution in [1.82, 2.24) is 9.88 Å². The number of aromatic nitrogens is 1. The Kier molecular flexibility index (Phi) is 6.78. The van der Waals surface area contributed by atoms with Gasteiger partial charge in [0.15, 0.2) is 0 Å². The molecule has 2 aromatic carbocycles. The van der Waals surface area contributed by atoms with Gasteiger partial charge in [0.2, 0.25) is 0 Å². The van der Waals surface area contributed by atoms with E-state index in [0.717, 1.165) is 29.9 Å². The molecule has 1 heterocycles. The predicted octanol–water partition coefficient (Wildman–Crippen LogP) is 5.11. The molecule has 158 valence electrons. The van der Waals surface area contributed by atoms with E-state index in [-0.39, 0.29) is 0 Å². The molecule has 3 rings (SSSR count). The van der Waals surface area contributed by atoms with Crippen LogP contribution >= 0.6 is 0 Å². The van der Waals surface area contributed by atoms with Crippen molar-refractivity contribution >= 4 is 5.97 Å². The van der Waals surface area contributed by atoms with Crippen LogP contribution in [-0.2, 0) is 19.5 Å². The van der Waals surface area contributed by atoms with Crippen molar-refractivity contribution in [3.05, 3.63) is 92.8 Å². The molecule has 4 nitrogen and oxygen atoms in total. The van der Waals surface area contributed by atoms with Crippen molar-refractivity contribution in [3.63, 3.8) is 0 Å². The summed E-state index contributed by atoms with van der Waals surface area (Å²) in [5.41, 5.74) is 9.37. The average Bonchev–Trinajstić information content (AvgIpc) is 2.93. The van der Waals surface area contributed by atoms with E-state index in [0.29, 0.717) is 18.7 Å². The van der Waals surface area contributed by atoms with Gasteiger partial charge in [0, 0.05) is 30.0 Å². The molecule has 0 radical (unpaired) electrons. The second-order valence-corrected chi connectivity index (χ2v) is 8.26. The van der Waals surface area contributed by atoms with Crippen LogP contribution in [-0.4, -0.2) is 22.2 Å². The van der Waals surface area contributed by atoms with E-state index in [1.165, 1.54) is 27.8 Å². The first-order chi connectivity index (χ1) is 14.3. The molecule has 0 atom stereocenters. The summed E-state index contributed by atoms with van der Waals surface area (Å²) in [5, 5.41) is 13.3. The standard InChI is InChI=1S/C26H32N2O2/c1-17-7-10-22(11-8-17)12-13-27-15-24-20(4)28(21(5)25(24)26(29)30)16-23-14-18(2)6-9-19(23)3/h6-11,14,27H,12-13,15-16H2,1-5H3,(H,29,30). The van der Waals surface area contributed by atoms with E-state index in [1.807, 2.05) is 13.8 Å². The first kappa shape index (κ1) is 21.8. The number of nitrogens with zero attached hydrogens (tertiary/aromatic N) is 1. The Labute approximate surface area is 179 Å². The van der Waals surface area contributed by atoms with Gasteiger partial charge >= 0.3 is 5.97 Å². The highest BCUT2D eigenvalue weighted by atomic mass is 16.4. The highest BCUT2D eigenvalue weighted by molar-refractivity contribution is 5.91. The monoisotopic (exact) mass is 404 g/mol. The van der Waals surface area contributed by atoms with E-state index in [9.17, 15) is 9.90 Å². The van der Waals surface area contributed by atoms with Crippen LogP contribution in [0.5, 0.6) is 0 Å². The second-order valence-electron chi connectivity index (χ2n) is 8.26. The van der Waals surface area contributed by atoms with Crippen LogP contribution in [0.1, 0.15) is 55.1 Å². The van der Waals surface area contributed by atoms with Gasteiger partial charge in [-0.05, 0) is 64.3 Å². The lowest BCUT2D eigenvalue weighted by atomic mass is 10.1. The van der Waals surface area contributed by atoms with Gasteiger partial charge in [-0.2, -0.15) is 0 Å². The van der Waals surface area contributed by atoms with Crippen LogP contribution in [0.25, 0.3) is 0 Å². The Morgan fingerprint density at radius 3 is 2.27 bits per heavy atom. The molecule has 0 aliphatic carbocycles. The number of hydrogen-bond donors (Lipinski definition) is 2. The zero-order valence-electron chi connectivity index (χ0n) is 18.7. The summed E-state index contributed by atoms with van der Waals surface area (Å²) in [4.78, 5) is 12.0. The third-order valence-corrected chi connectivity index (χ3v) is 5.97. The van der Waals surface area contributed by atoms with Gasteiger partial charge in [-0.25, -0.2) is 4.79 Å². The van der Waals surface area contributed by atoms with Gasteiger partial charge in [0.25, 0.3) is 0 Å². The topological polar surface area (TPSA) is 54.3 Å². The van der Waals surface area contributed by atoms with Crippen molar-refractivity contribution in [3.8, 4) is 0 Å². The quantitative estimate of drug-likeness (QED) is 0.513. The molecule has 0 aliphatic rings. The number of carbonyl (C=O) groups is 1. The molecular formula is C26H32N2O2. The van der Waals surface area contributed by atoms with Gasteiger partial charge in [0.1, 0.15) is 0 Å². The zero-order valence-corrected chi connectivity index (χ0v) is 18.7. The normalized spacial score (nSPS) is 11.1. The van der Waals surface area contributed by atoms with Gasteiger partial charge in [-0.3, -0.25) is 0 Å². The zero-order chi connectivity index (χ0) is 21.8. The predicted molar refractivity (Wildman–Crippen MR) is 122 cm³/mol.